The second-order valence-corrected chi connectivity index (χ2v) is 6.38. The molecule has 0 amide bonds. The molecule has 19 heavy (non-hydrogen) atoms. The molecule has 1 fully saturated rings. The minimum Gasteiger partial charge on any atom is -0.374 e. The highest BCUT2D eigenvalue weighted by molar-refractivity contribution is 7.15. The van der Waals surface area contributed by atoms with Crippen LogP contribution in [0.25, 0.3) is 0 Å². The third-order valence-corrected chi connectivity index (χ3v) is 4.73. The third kappa shape index (κ3) is 3.91. The van der Waals surface area contributed by atoms with E-state index in [2.05, 4.69) is 36.0 Å². The van der Waals surface area contributed by atoms with Gasteiger partial charge in [0, 0.05) is 43.9 Å². The molecule has 108 valence electrons. The molecular formula is C14H25N3OS. The highest BCUT2D eigenvalue weighted by Crippen LogP contribution is 2.25. The lowest BCUT2D eigenvalue weighted by Gasteiger charge is -2.23. The number of nitrogens with zero attached hydrogens (tertiary/aromatic N) is 2. The summed E-state index contributed by atoms with van der Waals surface area (Å²) in [5.74, 6) is 0. The van der Waals surface area contributed by atoms with Gasteiger partial charge in [0.15, 0.2) is 5.13 Å². The minimum absolute atomic E-state index is 0.0341. The molecule has 1 aromatic rings. The Kier molecular flexibility index (Phi) is 5.19. The molecular weight excluding hydrogens is 258 g/mol. The second-order valence-electron chi connectivity index (χ2n) is 5.29. The fourth-order valence-corrected chi connectivity index (χ4v) is 3.45. The Labute approximate surface area is 120 Å². The fourth-order valence-electron chi connectivity index (χ4n) is 2.45. The van der Waals surface area contributed by atoms with Crippen molar-refractivity contribution < 1.29 is 4.74 Å². The Morgan fingerprint density at radius 2 is 2.26 bits per heavy atom. The van der Waals surface area contributed by atoms with Crippen molar-refractivity contribution in [1.82, 2.24) is 10.3 Å². The molecule has 1 atom stereocenters. The van der Waals surface area contributed by atoms with E-state index in [9.17, 15) is 0 Å². The van der Waals surface area contributed by atoms with Crippen molar-refractivity contribution >= 4 is 16.5 Å². The zero-order valence-corrected chi connectivity index (χ0v) is 13.1. The Balaban J connectivity index is 1.80. The summed E-state index contributed by atoms with van der Waals surface area (Å²) in [6.07, 6.45) is 4.33. The molecule has 1 aliphatic rings. The summed E-state index contributed by atoms with van der Waals surface area (Å²) in [7, 11) is 0. The number of hydrogen-bond acceptors (Lipinski definition) is 5. The van der Waals surface area contributed by atoms with Gasteiger partial charge in [-0.25, -0.2) is 4.98 Å². The van der Waals surface area contributed by atoms with E-state index >= 15 is 0 Å². The Hall–Kier alpha value is -0.650. The summed E-state index contributed by atoms with van der Waals surface area (Å²) >= 11 is 1.78. The maximum Gasteiger partial charge on any atom is 0.185 e. The molecule has 2 rings (SSSR count). The molecule has 1 unspecified atom stereocenters. The van der Waals surface area contributed by atoms with Crippen LogP contribution in [0.1, 0.15) is 38.5 Å². The van der Waals surface area contributed by atoms with Gasteiger partial charge in [0.25, 0.3) is 0 Å². The summed E-state index contributed by atoms with van der Waals surface area (Å²) in [6, 6.07) is 0. The smallest absolute Gasteiger partial charge is 0.185 e. The molecule has 1 aliphatic heterocycles. The molecule has 0 aromatic carbocycles. The van der Waals surface area contributed by atoms with Crippen LogP contribution in [0.5, 0.6) is 0 Å². The number of rotatable bonds is 7. The first-order valence-corrected chi connectivity index (χ1v) is 8.03. The van der Waals surface area contributed by atoms with Gasteiger partial charge in [0.05, 0.1) is 5.60 Å². The van der Waals surface area contributed by atoms with Crippen LogP contribution in [0.2, 0.25) is 0 Å². The molecule has 5 heteroatoms. The predicted octanol–water partition coefficient (Wildman–Crippen LogP) is 2.65. The van der Waals surface area contributed by atoms with E-state index in [-0.39, 0.29) is 5.60 Å². The van der Waals surface area contributed by atoms with Gasteiger partial charge < -0.3 is 15.0 Å². The molecule has 4 nitrogen and oxygen atoms in total. The molecule has 0 saturated carbocycles. The number of aromatic nitrogens is 1. The van der Waals surface area contributed by atoms with Crippen molar-refractivity contribution in [2.75, 3.05) is 31.1 Å². The topological polar surface area (TPSA) is 37.4 Å². The Morgan fingerprint density at radius 1 is 1.47 bits per heavy atom. The second kappa shape index (κ2) is 6.68. The van der Waals surface area contributed by atoms with Crippen LogP contribution in [-0.2, 0) is 11.3 Å². The van der Waals surface area contributed by atoms with E-state index in [1.165, 1.54) is 11.3 Å². The van der Waals surface area contributed by atoms with Gasteiger partial charge >= 0.3 is 0 Å². The Morgan fingerprint density at radius 3 is 2.89 bits per heavy atom. The molecule has 2 heterocycles. The molecule has 0 radical (unpaired) electrons. The van der Waals surface area contributed by atoms with Gasteiger partial charge in [0.1, 0.15) is 0 Å². The normalized spacial score (nSPS) is 22.9. The van der Waals surface area contributed by atoms with Gasteiger partial charge in [-0.05, 0) is 33.6 Å². The average molecular weight is 283 g/mol. The SMILES string of the molecule is CCN(CC)c1ncc(CNCC2(C)CCCO2)s1. The van der Waals surface area contributed by atoms with Crippen LogP contribution in [0.3, 0.4) is 0 Å². The summed E-state index contributed by atoms with van der Waals surface area (Å²) in [5.41, 5.74) is 0.0341. The molecule has 1 aromatic heterocycles. The van der Waals surface area contributed by atoms with Crippen LogP contribution >= 0.6 is 11.3 Å². The van der Waals surface area contributed by atoms with Gasteiger partial charge in [0.2, 0.25) is 0 Å². The van der Waals surface area contributed by atoms with Gasteiger partial charge in [-0.1, -0.05) is 0 Å². The first-order valence-electron chi connectivity index (χ1n) is 7.21. The first-order chi connectivity index (χ1) is 9.17. The highest BCUT2D eigenvalue weighted by atomic mass is 32.1. The number of hydrogen-bond donors (Lipinski definition) is 1. The lowest BCUT2D eigenvalue weighted by atomic mass is 10.0. The van der Waals surface area contributed by atoms with E-state index in [1.807, 2.05) is 6.20 Å². The summed E-state index contributed by atoms with van der Waals surface area (Å²) in [5, 5.41) is 4.63. The zero-order valence-electron chi connectivity index (χ0n) is 12.2. The highest BCUT2D eigenvalue weighted by Gasteiger charge is 2.29. The molecule has 0 spiro atoms. The largest absolute Gasteiger partial charge is 0.374 e. The van der Waals surface area contributed by atoms with Gasteiger partial charge in [-0.3, -0.25) is 0 Å². The number of ether oxygens (including phenoxy) is 1. The van der Waals surface area contributed by atoms with Crippen LogP contribution in [0.4, 0.5) is 5.13 Å². The summed E-state index contributed by atoms with van der Waals surface area (Å²) in [6.45, 7) is 11.3. The van der Waals surface area contributed by atoms with E-state index in [0.717, 1.165) is 44.3 Å². The van der Waals surface area contributed by atoms with Crippen LogP contribution < -0.4 is 10.2 Å². The van der Waals surface area contributed by atoms with Crippen molar-refractivity contribution in [2.45, 2.75) is 45.8 Å². The third-order valence-electron chi connectivity index (χ3n) is 3.67. The first kappa shape index (κ1) is 14.8. The van der Waals surface area contributed by atoms with Crippen LogP contribution in [0.15, 0.2) is 6.20 Å². The minimum atomic E-state index is 0.0341. The summed E-state index contributed by atoms with van der Waals surface area (Å²) < 4.78 is 5.77. The van der Waals surface area contributed by atoms with E-state index in [0.29, 0.717) is 0 Å². The summed E-state index contributed by atoms with van der Waals surface area (Å²) in [4.78, 5) is 8.08. The molecule has 0 bridgehead atoms. The van der Waals surface area contributed by atoms with Crippen LogP contribution in [0, 0.1) is 0 Å². The van der Waals surface area contributed by atoms with Gasteiger partial charge in [-0.2, -0.15) is 0 Å². The molecule has 1 saturated heterocycles. The lowest BCUT2D eigenvalue weighted by Crippen LogP contribution is -2.36. The predicted molar refractivity (Wildman–Crippen MR) is 81.0 cm³/mol. The fraction of sp³-hybridized carbons (Fsp3) is 0.786. The zero-order chi connectivity index (χ0) is 13.7. The van der Waals surface area contributed by atoms with E-state index in [1.54, 1.807) is 11.3 Å². The van der Waals surface area contributed by atoms with Gasteiger partial charge in [-0.15, -0.1) is 11.3 Å². The average Bonchev–Trinajstić information content (AvgIpc) is 3.01. The van der Waals surface area contributed by atoms with Crippen molar-refractivity contribution in [3.05, 3.63) is 11.1 Å². The number of thiazole rings is 1. The van der Waals surface area contributed by atoms with E-state index in [4.69, 9.17) is 4.74 Å². The number of nitrogens with one attached hydrogen (secondary N) is 1. The van der Waals surface area contributed by atoms with Crippen molar-refractivity contribution in [1.29, 1.82) is 0 Å². The van der Waals surface area contributed by atoms with Crippen LogP contribution in [-0.4, -0.2) is 36.8 Å². The number of anilines is 1. The van der Waals surface area contributed by atoms with Crippen molar-refractivity contribution in [2.24, 2.45) is 0 Å². The maximum atomic E-state index is 5.77. The van der Waals surface area contributed by atoms with Crippen molar-refractivity contribution in [3.63, 3.8) is 0 Å². The molecule has 0 aliphatic carbocycles. The quantitative estimate of drug-likeness (QED) is 0.835. The van der Waals surface area contributed by atoms with E-state index < -0.39 is 0 Å². The Bertz CT molecular complexity index is 384. The lowest BCUT2D eigenvalue weighted by molar-refractivity contribution is 0.0207. The maximum absolute atomic E-state index is 5.77. The standard InChI is InChI=1S/C14H25N3OS/c1-4-17(5-2)13-16-10-12(19-13)9-15-11-14(3)7-6-8-18-14/h10,15H,4-9,11H2,1-3H3. The van der Waals surface area contributed by atoms with Crippen molar-refractivity contribution in [3.8, 4) is 0 Å². The molecule has 1 N–H and O–H groups in total. The monoisotopic (exact) mass is 283 g/mol.